The summed E-state index contributed by atoms with van der Waals surface area (Å²) in [7, 11) is -4.04. The molecule has 0 saturated heterocycles. The molecule has 0 bridgehead atoms. The molecule has 0 heterocycles. The van der Waals surface area contributed by atoms with E-state index >= 15 is 8.42 Å². The molecule has 0 unspecified atom stereocenters. The van der Waals surface area contributed by atoms with E-state index in [0.29, 0.717) is 4.90 Å². The molecule has 0 spiro atoms. The van der Waals surface area contributed by atoms with Gasteiger partial charge in [-0.05, 0) is 0 Å². The molecule has 0 aliphatic heterocycles. The van der Waals surface area contributed by atoms with E-state index in [-0.39, 0.29) is 0 Å². The smallest absolute Gasteiger partial charge is 0.0654 e. The minimum absolute atomic E-state index is 0.473. The van der Waals surface area contributed by atoms with E-state index < -0.39 is 16.9 Å². The van der Waals surface area contributed by atoms with Gasteiger partial charge in [0.05, 0.1) is 0 Å². The van der Waals surface area contributed by atoms with Gasteiger partial charge in [-0.3, -0.25) is 0 Å². The first-order valence-corrected chi connectivity index (χ1v) is 32.1. The molecule has 0 radical (unpaired) electrons. The molecule has 0 aromatic heterocycles. The van der Waals surface area contributed by atoms with Crippen molar-refractivity contribution < 1.29 is 12.4 Å². The maximum absolute atomic E-state index is 15.3. The van der Waals surface area contributed by atoms with Gasteiger partial charge >= 0.3 is 273 Å². The predicted molar refractivity (Wildman–Crippen MR) is 284 cm³/mol. The van der Waals surface area contributed by atoms with Crippen LogP contribution in [0.3, 0.4) is 0 Å². The van der Waals surface area contributed by atoms with Gasteiger partial charge in [0.25, 0.3) is 0 Å². The number of hydrogen-bond acceptors (Lipinski definition) is 3. The average Bonchev–Trinajstić information content (AvgIpc) is 3.30. The molecule has 0 atom stereocenters. The van der Waals surface area contributed by atoms with Gasteiger partial charge in [0.2, 0.25) is 0 Å². The second kappa shape index (κ2) is 36.8. The summed E-state index contributed by atoms with van der Waals surface area (Å²) >= 11 is 0. The zero-order chi connectivity index (χ0) is 45.6. The molecular formula is C58H105O3PS. The first-order valence-electron chi connectivity index (χ1n) is 28.0. The van der Waals surface area contributed by atoms with Crippen molar-refractivity contribution in [3.05, 3.63) is 59.7 Å². The molecular weight excluding hydrogens is 808 g/mol. The molecule has 366 valence electrons. The van der Waals surface area contributed by atoms with E-state index in [1.807, 2.05) is 12.1 Å². The van der Waals surface area contributed by atoms with Gasteiger partial charge in [0.1, 0.15) is 0 Å². The van der Waals surface area contributed by atoms with Crippen LogP contribution >= 0.6 is 6.83 Å². The van der Waals surface area contributed by atoms with Crippen LogP contribution in [0, 0.1) is 0 Å². The van der Waals surface area contributed by atoms with E-state index in [0.717, 1.165) is 88.3 Å². The van der Waals surface area contributed by atoms with Crippen LogP contribution in [0.25, 0.3) is 0 Å². The van der Waals surface area contributed by atoms with Gasteiger partial charge in [-0.25, -0.2) is 0 Å². The van der Waals surface area contributed by atoms with Crippen molar-refractivity contribution in [2.75, 3.05) is 18.5 Å². The summed E-state index contributed by atoms with van der Waals surface area (Å²) in [5, 5.41) is 1.17. The van der Waals surface area contributed by atoms with Gasteiger partial charge in [0.15, 0.2) is 0 Å². The van der Waals surface area contributed by atoms with Crippen molar-refractivity contribution in [1.29, 1.82) is 0 Å². The summed E-state index contributed by atoms with van der Waals surface area (Å²) in [5.74, 6) is 0. The summed E-state index contributed by atoms with van der Waals surface area (Å²) in [4.78, 5) is 0.473. The maximum atomic E-state index is 15.3. The standard InChI is InChI=1S/C58H105O3PS/c1-6-11-16-18-20-22-24-26-28-30-32-34-36-38-41-46-55-47-45-51-58(57(55)50-44-39-37-35-33-31-29-27-25-23-21-19-17-12-7-2)63(59,60)61-62(52-13-8-3,53-14-9-4,54-15-10-5)56-48-42-40-43-49-56/h40,42-43,45,47-49,51H,6-39,41,44,46,50,52-54H2,1-5H3. The minimum Gasteiger partial charge on any atom is -0.0654 e. The van der Waals surface area contributed by atoms with Gasteiger partial charge < -0.3 is 0 Å². The monoisotopic (exact) mass is 913 g/mol. The van der Waals surface area contributed by atoms with Crippen LogP contribution in [0.15, 0.2) is 53.4 Å². The number of rotatable bonds is 45. The average molecular weight is 914 g/mol. The second-order valence-electron chi connectivity index (χ2n) is 20.0. The van der Waals surface area contributed by atoms with Crippen LogP contribution in [-0.2, 0) is 26.9 Å². The van der Waals surface area contributed by atoms with Crippen LogP contribution in [0.5, 0.6) is 0 Å². The minimum atomic E-state index is -4.04. The Morgan fingerprint density at radius 3 is 1.06 bits per heavy atom. The van der Waals surface area contributed by atoms with Gasteiger partial charge in [-0.15, -0.1) is 0 Å². The van der Waals surface area contributed by atoms with E-state index in [1.54, 1.807) is 0 Å². The Kier molecular flexibility index (Phi) is 33.9. The molecule has 5 heteroatoms. The Labute approximate surface area is 394 Å². The quantitative estimate of drug-likeness (QED) is 0.0491. The Morgan fingerprint density at radius 1 is 0.365 bits per heavy atom. The number of aryl methyl sites for hydroxylation is 1. The Bertz CT molecular complexity index is 1430. The molecule has 0 aliphatic carbocycles. The SMILES string of the molecule is CCCCCCCCCCCCCCCCCc1cccc(S(=O)(=O)OP(CCCC)(CCCC)(CCCC)c2ccccc2)c1CCCCCCCCCCCCCCCCC. The van der Waals surface area contributed by atoms with Gasteiger partial charge in [-0.1, -0.05) is 123 Å². The molecule has 2 aromatic rings. The van der Waals surface area contributed by atoms with Gasteiger partial charge in [0, 0.05) is 0 Å². The summed E-state index contributed by atoms with van der Waals surface area (Å²) in [6, 6.07) is 16.9. The Balaban J connectivity index is 2.15. The van der Waals surface area contributed by atoms with Crippen LogP contribution in [0.4, 0.5) is 0 Å². The fourth-order valence-corrected chi connectivity index (χ4v) is 20.2. The molecule has 0 amide bonds. The van der Waals surface area contributed by atoms with E-state index in [1.165, 1.54) is 191 Å². The van der Waals surface area contributed by atoms with Crippen molar-refractivity contribution in [2.24, 2.45) is 0 Å². The molecule has 3 nitrogen and oxygen atoms in total. The molecule has 0 N–H and O–H groups in total. The Hall–Kier alpha value is -1.22. The van der Waals surface area contributed by atoms with E-state index in [2.05, 4.69) is 71.0 Å². The van der Waals surface area contributed by atoms with Crippen LogP contribution in [0.1, 0.15) is 277 Å². The third kappa shape index (κ3) is 23.9. The normalized spacial score (nSPS) is 12.8. The topological polar surface area (TPSA) is 43.4 Å². The molecule has 0 saturated carbocycles. The van der Waals surface area contributed by atoms with Gasteiger partial charge in [-0.2, -0.15) is 0 Å². The van der Waals surface area contributed by atoms with Crippen molar-refractivity contribution in [3.8, 4) is 0 Å². The molecule has 63 heavy (non-hydrogen) atoms. The van der Waals surface area contributed by atoms with Crippen molar-refractivity contribution in [1.82, 2.24) is 0 Å². The fourth-order valence-electron chi connectivity index (χ4n) is 10.3. The summed E-state index contributed by atoms with van der Waals surface area (Å²) < 4.78 is 37.8. The first-order chi connectivity index (χ1) is 30.8. The fraction of sp³-hybridized carbons (Fsp3) is 0.793. The molecule has 2 aromatic carbocycles. The summed E-state index contributed by atoms with van der Waals surface area (Å²) in [5.41, 5.74) is 2.30. The van der Waals surface area contributed by atoms with Crippen molar-refractivity contribution in [2.45, 2.75) is 284 Å². The third-order valence-corrected chi connectivity index (χ3v) is 23.3. The molecule has 2 rings (SSSR count). The number of unbranched alkanes of at least 4 members (excludes halogenated alkanes) is 31. The summed E-state index contributed by atoms with van der Waals surface area (Å²) in [6.07, 6.45) is 50.7. The molecule has 0 aliphatic rings. The van der Waals surface area contributed by atoms with Crippen molar-refractivity contribution >= 4 is 22.3 Å². The van der Waals surface area contributed by atoms with Crippen LogP contribution < -0.4 is 5.30 Å². The first kappa shape index (κ1) is 57.9. The van der Waals surface area contributed by atoms with E-state index in [4.69, 9.17) is 3.97 Å². The predicted octanol–water partition coefficient (Wildman–Crippen LogP) is 19.4. The number of benzene rings is 2. The van der Waals surface area contributed by atoms with Crippen LogP contribution in [-0.4, -0.2) is 26.9 Å². The summed E-state index contributed by atoms with van der Waals surface area (Å²) in [6.45, 7) is 7.92. The number of hydrogen-bond donors (Lipinski definition) is 0. The molecule has 0 fully saturated rings. The van der Waals surface area contributed by atoms with Crippen LogP contribution in [0.2, 0.25) is 0 Å². The Morgan fingerprint density at radius 2 is 0.698 bits per heavy atom. The third-order valence-electron chi connectivity index (χ3n) is 14.4. The van der Waals surface area contributed by atoms with Crippen molar-refractivity contribution in [3.63, 3.8) is 0 Å². The zero-order valence-corrected chi connectivity index (χ0v) is 44.4. The van der Waals surface area contributed by atoms with E-state index in [9.17, 15) is 0 Å². The zero-order valence-electron chi connectivity index (χ0n) is 42.7. The second-order valence-corrected chi connectivity index (χ2v) is 27.1.